The Morgan fingerprint density at radius 2 is 1.91 bits per heavy atom. The zero-order chi connectivity index (χ0) is 16.1. The van der Waals surface area contributed by atoms with Crippen molar-refractivity contribution < 1.29 is 14.3 Å². The molecule has 0 radical (unpaired) electrons. The van der Waals surface area contributed by atoms with Crippen LogP contribution in [0.1, 0.15) is 37.8 Å². The fraction of sp³-hybridized carbons (Fsp3) is 0.529. The van der Waals surface area contributed by atoms with E-state index in [1.807, 2.05) is 30.3 Å². The maximum Gasteiger partial charge on any atom is 0.310 e. The Hall–Kier alpha value is -1.59. The van der Waals surface area contributed by atoms with E-state index in [2.05, 4.69) is 5.32 Å². The zero-order valence-electron chi connectivity index (χ0n) is 13.5. The van der Waals surface area contributed by atoms with Gasteiger partial charge >= 0.3 is 5.97 Å². The zero-order valence-corrected chi connectivity index (χ0v) is 14.3. The monoisotopic (exact) mass is 340 g/mol. The van der Waals surface area contributed by atoms with Gasteiger partial charge in [0.05, 0.1) is 19.1 Å². The van der Waals surface area contributed by atoms with E-state index in [1.54, 1.807) is 6.92 Å². The van der Waals surface area contributed by atoms with Gasteiger partial charge in [-0.1, -0.05) is 30.3 Å². The number of benzene rings is 1. The van der Waals surface area contributed by atoms with Gasteiger partial charge in [-0.25, -0.2) is 0 Å². The summed E-state index contributed by atoms with van der Waals surface area (Å²) in [6, 6.07) is 9.21. The van der Waals surface area contributed by atoms with Crippen LogP contribution in [0.4, 0.5) is 0 Å². The highest BCUT2D eigenvalue weighted by atomic mass is 35.5. The second kappa shape index (κ2) is 8.89. The summed E-state index contributed by atoms with van der Waals surface area (Å²) >= 11 is 0. The van der Waals surface area contributed by atoms with Crippen LogP contribution in [-0.2, 0) is 14.3 Å². The lowest BCUT2D eigenvalue weighted by Gasteiger charge is -2.25. The number of hydrogen-bond acceptors (Lipinski definition) is 4. The fourth-order valence-corrected chi connectivity index (χ4v) is 3.01. The SMILES string of the molecule is COC(=O)C(C)C(NC(=O)C1CCC(N)C1)c1ccccc1.Cl. The molecular weight excluding hydrogens is 316 g/mol. The summed E-state index contributed by atoms with van der Waals surface area (Å²) in [5.74, 6) is -0.882. The normalized spacial score (nSPS) is 22.6. The average molecular weight is 341 g/mol. The van der Waals surface area contributed by atoms with Gasteiger partial charge in [0.25, 0.3) is 0 Å². The lowest BCUT2D eigenvalue weighted by Crippen LogP contribution is -2.39. The molecule has 0 bridgehead atoms. The number of carbonyl (C=O) groups is 2. The van der Waals surface area contributed by atoms with E-state index < -0.39 is 12.0 Å². The third kappa shape index (κ3) is 4.94. The second-order valence-electron chi connectivity index (χ2n) is 5.98. The molecule has 0 saturated heterocycles. The maximum atomic E-state index is 12.5. The molecule has 0 heterocycles. The predicted octanol–water partition coefficient (Wildman–Crippen LogP) is 2.20. The topological polar surface area (TPSA) is 81.4 Å². The summed E-state index contributed by atoms with van der Waals surface area (Å²) < 4.78 is 4.83. The molecule has 3 N–H and O–H groups in total. The highest BCUT2D eigenvalue weighted by Crippen LogP contribution is 2.28. The minimum Gasteiger partial charge on any atom is -0.469 e. The molecule has 1 aliphatic carbocycles. The van der Waals surface area contributed by atoms with Gasteiger partial charge in [0.15, 0.2) is 0 Å². The van der Waals surface area contributed by atoms with Gasteiger partial charge in [-0.2, -0.15) is 0 Å². The number of esters is 1. The van der Waals surface area contributed by atoms with E-state index in [-0.39, 0.29) is 36.2 Å². The van der Waals surface area contributed by atoms with Crippen LogP contribution in [0.5, 0.6) is 0 Å². The van der Waals surface area contributed by atoms with E-state index in [4.69, 9.17) is 10.5 Å². The summed E-state index contributed by atoms with van der Waals surface area (Å²) in [5.41, 5.74) is 6.78. The number of nitrogens with two attached hydrogens (primary N) is 1. The van der Waals surface area contributed by atoms with Gasteiger partial charge in [-0.15, -0.1) is 12.4 Å². The molecule has 6 heteroatoms. The lowest BCUT2D eigenvalue weighted by molar-refractivity contribution is -0.146. The highest BCUT2D eigenvalue weighted by molar-refractivity contribution is 5.85. The smallest absolute Gasteiger partial charge is 0.310 e. The van der Waals surface area contributed by atoms with Crippen LogP contribution in [0.25, 0.3) is 0 Å². The molecule has 1 amide bonds. The van der Waals surface area contributed by atoms with Crippen molar-refractivity contribution in [2.75, 3.05) is 7.11 Å². The summed E-state index contributed by atoms with van der Waals surface area (Å²) in [4.78, 5) is 24.4. The Morgan fingerprint density at radius 3 is 2.43 bits per heavy atom. The molecule has 23 heavy (non-hydrogen) atoms. The fourth-order valence-electron chi connectivity index (χ4n) is 3.01. The van der Waals surface area contributed by atoms with Crippen molar-refractivity contribution >= 4 is 24.3 Å². The largest absolute Gasteiger partial charge is 0.469 e. The molecular formula is C17H25ClN2O3. The quantitative estimate of drug-likeness (QED) is 0.805. The maximum absolute atomic E-state index is 12.5. The highest BCUT2D eigenvalue weighted by Gasteiger charge is 2.32. The Morgan fingerprint density at radius 1 is 1.26 bits per heavy atom. The van der Waals surface area contributed by atoms with Crippen molar-refractivity contribution in [3.05, 3.63) is 35.9 Å². The Balaban J connectivity index is 0.00000264. The van der Waals surface area contributed by atoms with E-state index in [0.717, 1.165) is 18.4 Å². The van der Waals surface area contributed by atoms with E-state index in [1.165, 1.54) is 7.11 Å². The van der Waals surface area contributed by atoms with Crippen LogP contribution in [0.3, 0.4) is 0 Å². The van der Waals surface area contributed by atoms with Gasteiger partial charge in [-0.3, -0.25) is 9.59 Å². The standard InChI is InChI=1S/C17H24N2O3.ClH/c1-11(17(21)22-2)15(12-6-4-3-5-7-12)19-16(20)13-8-9-14(18)10-13;/h3-7,11,13-15H,8-10,18H2,1-2H3,(H,19,20);1H. The number of methoxy groups -OCH3 is 1. The molecule has 128 valence electrons. The number of ether oxygens (including phenoxy) is 1. The molecule has 1 aromatic rings. The first-order chi connectivity index (χ1) is 10.5. The molecule has 1 aliphatic rings. The molecule has 1 fully saturated rings. The molecule has 1 saturated carbocycles. The third-order valence-electron chi connectivity index (χ3n) is 4.37. The van der Waals surface area contributed by atoms with Crippen LogP contribution < -0.4 is 11.1 Å². The molecule has 5 nitrogen and oxygen atoms in total. The molecule has 2 rings (SSSR count). The Kier molecular flexibility index (Phi) is 7.52. The van der Waals surface area contributed by atoms with Crippen LogP contribution >= 0.6 is 12.4 Å². The molecule has 4 atom stereocenters. The van der Waals surface area contributed by atoms with Crippen molar-refractivity contribution in [3.8, 4) is 0 Å². The van der Waals surface area contributed by atoms with Crippen LogP contribution in [-0.4, -0.2) is 25.0 Å². The van der Waals surface area contributed by atoms with Gasteiger partial charge in [0.2, 0.25) is 5.91 Å². The van der Waals surface area contributed by atoms with Crippen LogP contribution in [0, 0.1) is 11.8 Å². The van der Waals surface area contributed by atoms with Gasteiger partial charge in [0.1, 0.15) is 0 Å². The van der Waals surface area contributed by atoms with Crippen LogP contribution in [0.15, 0.2) is 30.3 Å². The summed E-state index contributed by atoms with van der Waals surface area (Å²) in [7, 11) is 1.36. The Labute approximate surface area is 143 Å². The molecule has 0 aliphatic heterocycles. The first kappa shape index (κ1) is 19.5. The van der Waals surface area contributed by atoms with Crippen molar-refractivity contribution in [1.29, 1.82) is 0 Å². The van der Waals surface area contributed by atoms with Crippen molar-refractivity contribution in [2.45, 2.75) is 38.3 Å². The van der Waals surface area contributed by atoms with Crippen LogP contribution in [0.2, 0.25) is 0 Å². The third-order valence-corrected chi connectivity index (χ3v) is 4.37. The molecule has 0 aromatic heterocycles. The van der Waals surface area contributed by atoms with Crippen molar-refractivity contribution in [3.63, 3.8) is 0 Å². The lowest BCUT2D eigenvalue weighted by atomic mass is 9.93. The Bertz CT molecular complexity index is 524. The van der Waals surface area contributed by atoms with Gasteiger partial charge in [-0.05, 0) is 31.7 Å². The summed E-state index contributed by atoms with van der Waals surface area (Å²) in [6.45, 7) is 1.77. The van der Waals surface area contributed by atoms with E-state index in [9.17, 15) is 9.59 Å². The number of nitrogens with one attached hydrogen (secondary N) is 1. The van der Waals surface area contributed by atoms with Crippen molar-refractivity contribution in [1.82, 2.24) is 5.32 Å². The number of hydrogen-bond donors (Lipinski definition) is 2. The predicted molar refractivity (Wildman–Crippen MR) is 91.1 cm³/mol. The summed E-state index contributed by atoms with van der Waals surface area (Å²) in [5, 5.41) is 3.02. The summed E-state index contributed by atoms with van der Waals surface area (Å²) in [6.07, 6.45) is 2.39. The number of amides is 1. The second-order valence-corrected chi connectivity index (χ2v) is 5.98. The number of halogens is 1. The first-order valence-electron chi connectivity index (χ1n) is 7.71. The first-order valence-corrected chi connectivity index (χ1v) is 7.71. The molecule has 0 spiro atoms. The number of carbonyl (C=O) groups excluding carboxylic acids is 2. The van der Waals surface area contributed by atoms with Gasteiger partial charge < -0.3 is 15.8 Å². The minimum atomic E-state index is -0.452. The average Bonchev–Trinajstić information content (AvgIpc) is 2.98. The minimum absolute atomic E-state index is 0. The van der Waals surface area contributed by atoms with Gasteiger partial charge in [0, 0.05) is 12.0 Å². The van der Waals surface area contributed by atoms with E-state index in [0.29, 0.717) is 6.42 Å². The molecule has 1 aromatic carbocycles. The molecule has 4 unspecified atom stereocenters. The van der Waals surface area contributed by atoms with Crippen molar-refractivity contribution in [2.24, 2.45) is 17.6 Å². The van der Waals surface area contributed by atoms with E-state index >= 15 is 0 Å². The number of rotatable bonds is 5.